The minimum absolute atomic E-state index is 0.0625. The van der Waals surface area contributed by atoms with Gasteiger partial charge in [-0.05, 0) is 69.3 Å². The van der Waals surface area contributed by atoms with Gasteiger partial charge in [-0.3, -0.25) is 14.7 Å². The molecule has 1 unspecified atom stereocenters. The number of carbonyl (C=O) groups is 1. The average Bonchev–Trinajstić information content (AvgIpc) is 3.86. The van der Waals surface area contributed by atoms with Crippen LogP contribution in [0.1, 0.15) is 42.9 Å². The topological polar surface area (TPSA) is 100 Å². The lowest BCUT2D eigenvalue weighted by atomic mass is 9.94. The van der Waals surface area contributed by atoms with Gasteiger partial charge in [-0.2, -0.15) is 9.97 Å². The van der Waals surface area contributed by atoms with Crippen LogP contribution in [0.4, 0.5) is 23.4 Å². The molecule has 8 rings (SSSR count). The van der Waals surface area contributed by atoms with Gasteiger partial charge in [0.15, 0.2) is 17.5 Å². The number of alkyl halides is 1. The predicted octanol–water partition coefficient (Wildman–Crippen LogP) is 6.89. The normalized spacial score (nSPS) is 21.6. The summed E-state index contributed by atoms with van der Waals surface area (Å²) in [6.07, 6.45) is 9.59. The maximum Gasteiger partial charge on any atom is 0.324 e. The summed E-state index contributed by atoms with van der Waals surface area (Å²) in [5.41, 5.74) is 0.683. The number of amides is 1. The summed E-state index contributed by atoms with van der Waals surface area (Å²) in [5.74, 6) is -2.30. The van der Waals surface area contributed by atoms with Gasteiger partial charge in [-0.15, -0.1) is 0 Å². The second-order valence-corrected chi connectivity index (χ2v) is 14.3. The zero-order chi connectivity index (χ0) is 37.7. The Morgan fingerprint density at radius 3 is 2.72 bits per heavy atom. The minimum Gasteiger partial charge on any atom is -0.432 e. The van der Waals surface area contributed by atoms with E-state index in [1.165, 1.54) is 30.7 Å². The fourth-order valence-electron chi connectivity index (χ4n) is 8.19. The number of likely N-dealkylation sites (tertiary alicyclic amines) is 1. The van der Waals surface area contributed by atoms with Crippen LogP contribution in [0.2, 0.25) is 0 Å². The second-order valence-electron chi connectivity index (χ2n) is 14.3. The van der Waals surface area contributed by atoms with Gasteiger partial charge >= 0.3 is 6.01 Å². The molecule has 3 aliphatic heterocycles. The number of rotatable bonds is 8. The van der Waals surface area contributed by atoms with E-state index in [1.807, 2.05) is 17.9 Å². The molecule has 3 aromatic heterocycles. The molecule has 10 nitrogen and oxygen atoms in total. The third-order valence-electron chi connectivity index (χ3n) is 10.8. The first-order valence-electron chi connectivity index (χ1n) is 18.0. The number of ether oxygens (including phenoxy) is 1. The van der Waals surface area contributed by atoms with Crippen molar-refractivity contribution in [3.05, 3.63) is 95.7 Å². The first-order chi connectivity index (χ1) is 26.0. The Morgan fingerprint density at radius 1 is 1.04 bits per heavy atom. The van der Waals surface area contributed by atoms with Gasteiger partial charge in [0.1, 0.15) is 29.0 Å². The molecule has 5 aromatic rings. The second kappa shape index (κ2) is 14.0. The van der Waals surface area contributed by atoms with Crippen LogP contribution in [0.5, 0.6) is 6.01 Å². The Kier molecular flexibility index (Phi) is 9.24. The van der Waals surface area contributed by atoms with E-state index in [4.69, 9.17) is 9.72 Å². The van der Waals surface area contributed by atoms with Gasteiger partial charge in [0, 0.05) is 73.6 Å². The summed E-state index contributed by atoms with van der Waals surface area (Å²) >= 11 is 0. The van der Waals surface area contributed by atoms with Crippen molar-refractivity contribution in [1.82, 2.24) is 34.7 Å². The number of aromatic nitrogens is 5. The van der Waals surface area contributed by atoms with Crippen molar-refractivity contribution in [2.45, 2.75) is 57.3 Å². The quantitative estimate of drug-likeness (QED) is 0.0958. The zero-order valence-electron chi connectivity index (χ0n) is 30.1. The molecule has 0 saturated carbocycles. The Morgan fingerprint density at radius 2 is 1.89 bits per heavy atom. The molecule has 54 heavy (non-hydrogen) atoms. The van der Waals surface area contributed by atoms with Crippen molar-refractivity contribution < 1.29 is 27.1 Å². The van der Waals surface area contributed by atoms with Gasteiger partial charge in [-0.25, -0.2) is 27.5 Å². The van der Waals surface area contributed by atoms with Gasteiger partial charge in [0.25, 0.3) is 0 Å². The van der Waals surface area contributed by atoms with Crippen molar-refractivity contribution in [2.24, 2.45) is 0 Å². The third-order valence-corrected chi connectivity index (χ3v) is 10.8. The van der Waals surface area contributed by atoms with Crippen molar-refractivity contribution >= 4 is 39.5 Å². The van der Waals surface area contributed by atoms with Crippen LogP contribution in [0.25, 0.3) is 39.0 Å². The number of benzene rings is 2. The summed E-state index contributed by atoms with van der Waals surface area (Å²) in [4.78, 5) is 41.1. The van der Waals surface area contributed by atoms with Crippen LogP contribution in [-0.2, 0) is 4.79 Å². The van der Waals surface area contributed by atoms with E-state index in [9.17, 15) is 13.6 Å². The van der Waals surface area contributed by atoms with E-state index in [0.29, 0.717) is 55.2 Å². The molecule has 0 spiro atoms. The SMILES string of the molecule is Cc1cc(/C=C/C(=O)N2CC[C@@H](N(C)c3nc(O/C=C/C45CCCN4C[C@H](F)C5)nc4c(F)c(-c5cccc6ccc(F)c(F)c56)ncc34)C2)nc(C)n1. The highest BCUT2D eigenvalue weighted by atomic mass is 19.2. The van der Waals surface area contributed by atoms with Crippen molar-refractivity contribution in [2.75, 3.05) is 38.1 Å². The molecule has 1 amide bonds. The molecular formula is C40H38F4N8O2. The number of hydrogen-bond donors (Lipinski definition) is 0. The van der Waals surface area contributed by atoms with Gasteiger partial charge < -0.3 is 14.5 Å². The number of pyridine rings is 1. The molecule has 3 saturated heterocycles. The van der Waals surface area contributed by atoms with Crippen LogP contribution < -0.4 is 9.64 Å². The van der Waals surface area contributed by atoms with Gasteiger partial charge in [0.2, 0.25) is 5.91 Å². The van der Waals surface area contributed by atoms with E-state index in [2.05, 4.69) is 24.8 Å². The van der Waals surface area contributed by atoms with Crippen molar-refractivity contribution in [3.63, 3.8) is 0 Å². The van der Waals surface area contributed by atoms with E-state index in [-0.39, 0.29) is 45.5 Å². The van der Waals surface area contributed by atoms with E-state index in [1.54, 1.807) is 43.1 Å². The molecule has 0 aliphatic carbocycles. The molecule has 6 heterocycles. The third kappa shape index (κ3) is 6.52. The first-order valence-corrected chi connectivity index (χ1v) is 18.0. The summed E-state index contributed by atoms with van der Waals surface area (Å²) in [6.45, 7) is 5.65. The molecule has 0 N–H and O–H groups in total. The number of anilines is 1. The highest BCUT2D eigenvalue weighted by molar-refractivity contribution is 5.99. The molecule has 2 aromatic carbocycles. The summed E-state index contributed by atoms with van der Waals surface area (Å²) in [5, 5.41) is 0.537. The standard InChI is InChI=1S/C40H38F4N8O2/c1-23-18-27(47-24(2)46-23)9-11-32(53)51-16-12-28(22-51)50(3)38-30-20-45-36(29-7-4-6-25-8-10-31(42)34(43)33(25)29)35(44)37(30)48-39(49-38)54-17-14-40-13-5-15-52(40)21-26(41)19-40/h4,6-11,14,17-18,20,26,28H,5,12-13,15-16,19,21-22H2,1-3H3/b11-9+,17-14+/t26-,28-,40?/m1/s1. The summed E-state index contributed by atoms with van der Waals surface area (Å²) < 4.78 is 66.7. The fraction of sp³-hybridized carbons (Fsp3) is 0.350. The molecule has 0 radical (unpaired) electrons. The van der Waals surface area contributed by atoms with Crippen LogP contribution in [0.3, 0.4) is 0 Å². The van der Waals surface area contributed by atoms with Crippen molar-refractivity contribution in [3.8, 4) is 17.3 Å². The number of aryl methyl sites for hydroxylation is 2. The number of likely N-dealkylation sites (N-methyl/N-ethyl adjacent to an activating group) is 1. The monoisotopic (exact) mass is 738 g/mol. The first kappa shape index (κ1) is 35.5. The molecule has 3 fully saturated rings. The number of hydrogen-bond acceptors (Lipinski definition) is 9. The Balaban J connectivity index is 1.14. The number of halogens is 4. The lowest BCUT2D eigenvalue weighted by Crippen LogP contribution is -2.36. The van der Waals surface area contributed by atoms with Crippen molar-refractivity contribution in [1.29, 1.82) is 0 Å². The maximum atomic E-state index is 16.8. The zero-order valence-corrected chi connectivity index (χ0v) is 30.1. The van der Waals surface area contributed by atoms with E-state index in [0.717, 1.165) is 31.1 Å². The number of nitrogens with zero attached hydrogens (tertiary/aromatic N) is 8. The highest BCUT2D eigenvalue weighted by Crippen LogP contribution is 2.41. The molecule has 0 bridgehead atoms. The Labute approximate surface area is 309 Å². The largest absolute Gasteiger partial charge is 0.432 e. The Bertz CT molecular complexity index is 2340. The summed E-state index contributed by atoms with van der Waals surface area (Å²) in [6, 6.07) is 8.58. The lowest BCUT2D eigenvalue weighted by Gasteiger charge is -2.28. The van der Waals surface area contributed by atoms with Crippen LogP contribution >= 0.6 is 0 Å². The maximum absolute atomic E-state index is 16.8. The lowest BCUT2D eigenvalue weighted by molar-refractivity contribution is -0.124. The smallest absolute Gasteiger partial charge is 0.324 e. The van der Waals surface area contributed by atoms with E-state index < -0.39 is 29.2 Å². The van der Waals surface area contributed by atoms with Gasteiger partial charge in [0.05, 0.1) is 17.3 Å². The van der Waals surface area contributed by atoms with E-state index >= 15 is 8.78 Å². The molecule has 278 valence electrons. The number of fused-ring (bicyclic) bond motifs is 3. The summed E-state index contributed by atoms with van der Waals surface area (Å²) in [7, 11) is 1.80. The molecule has 14 heteroatoms. The Hall–Kier alpha value is -5.50. The molecular weight excluding hydrogens is 700 g/mol. The highest BCUT2D eigenvalue weighted by Gasteiger charge is 2.47. The van der Waals surface area contributed by atoms with Crippen LogP contribution in [0, 0.1) is 31.3 Å². The molecule has 3 atom stereocenters. The fourth-order valence-corrected chi connectivity index (χ4v) is 8.19. The minimum atomic E-state index is -1.11. The molecule has 3 aliphatic rings. The average molecular weight is 739 g/mol. The predicted molar refractivity (Wildman–Crippen MR) is 197 cm³/mol. The van der Waals surface area contributed by atoms with Gasteiger partial charge in [-0.1, -0.05) is 24.3 Å². The number of carbonyl (C=O) groups excluding carboxylic acids is 1. The van der Waals surface area contributed by atoms with Crippen LogP contribution in [-0.4, -0.2) is 91.6 Å². The van der Waals surface area contributed by atoms with Crippen LogP contribution in [0.15, 0.2) is 61.0 Å².